The quantitative estimate of drug-likeness (QED) is 0.650. The average Bonchev–Trinajstić information content (AvgIpc) is 3.17. The van der Waals surface area contributed by atoms with Crippen LogP contribution in [0.25, 0.3) is 0 Å². The molecular weight excluding hydrogens is 406 g/mol. The molecule has 0 spiro atoms. The van der Waals surface area contributed by atoms with Gasteiger partial charge in [0.1, 0.15) is 6.04 Å². The lowest BCUT2D eigenvalue weighted by Crippen LogP contribution is -2.33. The Kier molecular flexibility index (Phi) is 4.84. The topological polar surface area (TPSA) is 104 Å². The Hall–Kier alpha value is -3.81. The SMILES string of the molecule is COc1ccc(C2CC(=O)C3=C(C2)Nc2nc(N)nn2C3c2ccc(C)cc2)cc1OC. The molecule has 0 fully saturated rings. The fourth-order valence-corrected chi connectivity index (χ4v) is 4.63. The van der Waals surface area contributed by atoms with E-state index < -0.39 is 0 Å². The molecule has 8 nitrogen and oxygen atoms in total. The number of benzene rings is 2. The number of nitrogens with zero attached hydrogens (tertiary/aromatic N) is 3. The zero-order valence-corrected chi connectivity index (χ0v) is 18.3. The zero-order valence-electron chi connectivity index (χ0n) is 18.3. The van der Waals surface area contributed by atoms with Gasteiger partial charge in [-0.3, -0.25) is 4.79 Å². The first-order valence-electron chi connectivity index (χ1n) is 10.5. The van der Waals surface area contributed by atoms with Crippen LogP contribution in [0.3, 0.4) is 0 Å². The molecule has 2 heterocycles. The monoisotopic (exact) mass is 431 g/mol. The third kappa shape index (κ3) is 3.28. The van der Waals surface area contributed by atoms with E-state index >= 15 is 0 Å². The molecule has 0 saturated carbocycles. The number of fused-ring (bicyclic) bond motifs is 1. The van der Waals surface area contributed by atoms with Gasteiger partial charge in [-0.1, -0.05) is 35.9 Å². The first-order valence-corrected chi connectivity index (χ1v) is 10.5. The number of allylic oxidation sites excluding steroid dienone is 2. The van der Waals surface area contributed by atoms with E-state index in [-0.39, 0.29) is 23.7 Å². The molecule has 2 aromatic carbocycles. The summed E-state index contributed by atoms with van der Waals surface area (Å²) in [6, 6.07) is 13.6. The second-order valence-electron chi connectivity index (χ2n) is 8.21. The molecule has 2 aliphatic rings. The molecule has 2 unspecified atom stereocenters. The largest absolute Gasteiger partial charge is 0.493 e. The van der Waals surface area contributed by atoms with Crippen LogP contribution >= 0.6 is 0 Å². The Balaban J connectivity index is 1.57. The molecule has 1 aliphatic carbocycles. The van der Waals surface area contributed by atoms with Gasteiger partial charge in [-0.2, -0.15) is 4.98 Å². The van der Waals surface area contributed by atoms with Crippen molar-refractivity contribution < 1.29 is 14.3 Å². The number of hydrogen-bond acceptors (Lipinski definition) is 7. The molecule has 5 rings (SSSR count). The van der Waals surface area contributed by atoms with Crippen molar-refractivity contribution in [3.05, 3.63) is 70.4 Å². The maximum Gasteiger partial charge on any atom is 0.241 e. The van der Waals surface area contributed by atoms with Crippen molar-refractivity contribution in [3.8, 4) is 11.5 Å². The number of ether oxygens (including phenoxy) is 2. The number of ketones is 1. The van der Waals surface area contributed by atoms with Gasteiger partial charge < -0.3 is 20.5 Å². The highest BCUT2D eigenvalue weighted by Crippen LogP contribution is 2.45. The lowest BCUT2D eigenvalue weighted by atomic mass is 9.78. The number of hydrogen-bond donors (Lipinski definition) is 2. The van der Waals surface area contributed by atoms with Crippen LogP contribution in [0.15, 0.2) is 53.7 Å². The van der Waals surface area contributed by atoms with Crippen molar-refractivity contribution in [1.82, 2.24) is 14.8 Å². The van der Waals surface area contributed by atoms with Crippen LogP contribution in [-0.2, 0) is 4.79 Å². The summed E-state index contributed by atoms with van der Waals surface area (Å²) in [5.41, 5.74) is 10.7. The smallest absolute Gasteiger partial charge is 0.241 e. The number of anilines is 2. The summed E-state index contributed by atoms with van der Waals surface area (Å²) >= 11 is 0. The summed E-state index contributed by atoms with van der Waals surface area (Å²) in [7, 11) is 3.22. The van der Waals surface area contributed by atoms with Crippen molar-refractivity contribution in [2.45, 2.75) is 31.7 Å². The predicted octanol–water partition coefficient (Wildman–Crippen LogP) is 3.60. The van der Waals surface area contributed by atoms with Crippen molar-refractivity contribution in [2.24, 2.45) is 0 Å². The summed E-state index contributed by atoms with van der Waals surface area (Å²) in [5.74, 6) is 2.14. The number of aryl methyl sites for hydroxylation is 1. The number of carbonyl (C=O) groups is 1. The highest BCUT2D eigenvalue weighted by Gasteiger charge is 2.39. The van der Waals surface area contributed by atoms with E-state index in [1.54, 1.807) is 18.9 Å². The number of rotatable bonds is 4. The van der Waals surface area contributed by atoms with E-state index in [0.29, 0.717) is 30.3 Å². The molecule has 1 aliphatic heterocycles. The van der Waals surface area contributed by atoms with Gasteiger partial charge in [0, 0.05) is 17.7 Å². The van der Waals surface area contributed by atoms with Crippen LogP contribution in [0.5, 0.6) is 11.5 Å². The maximum absolute atomic E-state index is 13.5. The number of nitrogens with one attached hydrogen (secondary N) is 1. The Bertz CT molecular complexity index is 1230. The fourth-order valence-electron chi connectivity index (χ4n) is 4.63. The summed E-state index contributed by atoms with van der Waals surface area (Å²) < 4.78 is 12.5. The molecule has 8 heteroatoms. The van der Waals surface area contributed by atoms with E-state index in [1.807, 2.05) is 49.4 Å². The molecule has 0 bridgehead atoms. The normalized spacial score (nSPS) is 19.8. The highest BCUT2D eigenvalue weighted by molar-refractivity contribution is 6.00. The Morgan fingerprint density at radius 3 is 2.47 bits per heavy atom. The molecule has 3 aromatic rings. The van der Waals surface area contributed by atoms with Crippen LogP contribution in [0.2, 0.25) is 0 Å². The molecule has 0 amide bonds. The minimum Gasteiger partial charge on any atom is -0.493 e. The first-order chi connectivity index (χ1) is 15.5. The number of nitrogens with two attached hydrogens (primary N) is 1. The van der Waals surface area contributed by atoms with Gasteiger partial charge in [0.2, 0.25) is 11.9 Å². The van der Waals surface area contributed by atoms with E-state index in [4.69, 9.17) is 15.2 Å². The number of nitrogen functional groups attached to an aromatic ring is 1. The summed E-state index contributed by atoms with van der Waals surface area (Å²) in [5, 5.41) is 7.70. The second-order valence-corrected chi connectivity index (χ2v) is 8.21. The maximum atomic E-state index is 13.5. The third-order valence-corrected chi connectivity index (χ3v) is 6.21. The van der Waals surface area contributed by atoms with Gasteiger partial charge in [0.05, 0.1) is 14.2 Å². The van der Waals surface area contributed by atoms with Crippen molar-refractivity contribution in [3.63, 3.8) is 0 Å². The van der Waals surface area contributed by atoms with Gasteiger partial charge in [-0.05, 0) is 42.5 Å². The molecule has 0 radical (unpaired) electrons. The minimum absolute atomic E-state index is 0.0130. The number of carbonyl (C=O) groups excluding carboxylic acids is 1. The number of methoxy groups -OCH3 is 2. The standard InChI is InChI=1S/C24H25N5O3/c1-13-4-6-14(7-5-13)22-21-17(26-24-27-23(25)28-29(22)24)10-16(11-18(21)30)15-8-9-19(31-2)20(12-15)32-3/h4-9,12,16,22H,10-11H2,1-3H3,(H3,25,26,27,28). The van der Waals surface area contributed by atoms with Gasteiger partial charge in [-0.15, -0.1) is 5.10 Å². The van der Waals surface area contributed by atoms with Gasteiger partial charge >= 0.3 is 0 Å². The molecule has 32 heavy (non-hydrogen) atoms. The Morgan fingerprint density at radius 2 is 1.75 bits per heavy atom. The molecule has 0 saturated heterocycles. The Morgan fingerprint density at radius 1 is 1.03 bits per heavy atom. The fraction of sp³-hybridized carbons (Fsp3) is 0.292. The van der Waals surface area contributed by atoms with Crippen LogP contribution in [0.4, 0.5) is 11.9 Å². The summed E-state index contributed by atoms with van der Waals surface area (Å²) in [4.78, 5) is 17.9. The number of aromatic nitrogens is 3. The molecule has 1 aromatic heterocycles. The van der Waals surface area contributed by atoms with Crippen LogP contribution < -0.4 is 20.5 Å². The van der Waals surface area contributed by atoms with E-state index in [0.717, 1.165) is 28.0 Å². The van der Waals surface area contributed by atoms with Crippen molar-refractivity contribution in [2.75, 3.05) is 25.3 Å². The zero-order chi connectivity index (χ0) is 22.4. The van der Waals surface area contributed by atoms with Crippen LogP contribution in [0, 0.1) is 6.92 Å². The average molecular weight is 431 g/mol. The van der Waals surface area contributed by atoms with E-state index in [1.165, 1.54) is 0 Å². The van der Waals surface area contributed by atoms with E-state index in [9.17, 15) is 4.79 Å². The lowest BCUT2D eigenvalue weighted by Gasteiger charge is -2.35. The van der Waals surface area contributed by atoms with Crippen molar-refractivity contribution >= 4 is 17.7 Å². The minimum atomic E-state index is -0.356. The third-order valence-electron chi connectivity index (χ3n) is 6.21. The van der Waals surface area contributed by atoms with Gasteiger partial charge in [0.25, 0.3) is 0 Å². The Labute approximate surface area is 186 Å². The second kappa shape index (κ2) is 7.71. The lowest BCUT2D eigenvalue weighted by molar-refractivity contribution is -0.116. The summed E-state index contributed by atoms with van der Waals surface area (Å²) in [6.07, 6.45) is 1.07. The number of Topliss-reactive ketones (excluding diaryl/α,β-unsaturated/α-hetero) is 1. The van der Waals surface area contributed by atoms with Gasteiger partial charge in [-0.25, -0.2) is 4.68 Å². The van der Waals surface area contributed by atoms with Crippen molar-refractivity contribution in [1.29, 1.82) is 0 Å². The van der Waals surface area contributed by atoms with Crippen LogP contribution in [0.1, 0.15) is 41.5 Å². The summed E-state index contributed by atoms with van der Waals surface area (Å²) in [6.45, 7) is 2.04. The molecule has 3 N–H and O–H groups in total. The molecular formula is C24H25N5O3. The molecule has 2 atom stereocenters. The van der Waals surface area contributed by atoms with Gasteiger partial charge in [0.15, 0.2) is 17.3 Å². The van der Waals surface area contributed by atoms with E-state index in [2.05, 4.69) is 15.4 Å². The van der Waals surface area contributed by atoms with Crippen LogP contribution in [-0.4, -0.2) is 34.8 Å². The predicted molar refractivity (Wildman–Crippen MR) is 121 cm³/mol. The highest BCUT2D eigenvalue weighted by atomic mass is 16.5. The first kappa shape index (κ1) is 20.1. The molecule has 164 valence electrons.